The lowest BCUT2D eigenvalue weighted by Crippen LogP contribution is -2.49. The number of primary amides is 1. The Morgan fingerprint density at radius 3 is 2.34 bits per heavy atom. The summed E-state index contributed by atoms with van der Waals surface area (Å²) in [6.45, 7) is 4.80. The van der Waals surface area contributed by atoms with Crippen molar-refractivity contribution in [1.29, 1.82) is 0 Å². The lowest BCUT2D eigenvalue weighted by molar-refractivity contribution is -0.180. The van der Waals surface area contributed by atoms with E-state index in [0.717, 1.165) is 50.3 Å². The predicted octanol–water partition coefficient (Wildman–Crippen LogP) is 3.69. The van der Waals surface area contributed by atoms with Gasteiger partial charge < -0.3 is 10.6 Å². The molecule has 29 heavy (non-hydrogen) atoms. The Kier molecular flexibility index (Phi) is 10.2. The summed E-state index contributed by atoms with van der Waals surface area (Å²) in [7, 11) is 0. The summed E-state index contributed by atoms with van der Waals surface area (Å²) in [5, 5.41) is 11.6. The molecule has 6 heteroatoms. The maximum absolute atomic E-state index is 13.1. The van der Waals surface area contributed by atoms with E-state index in [0.29, 0.717) is 12.1 Å². The first kappa shape index (κ1) is 23.4. The number of carbonyl (C=O) groups is 2. The Hall–Kier alpha value is -1.92. The average Bonchev–Trinajstić information content (AvgIpc) is 2.73. The second-order valence-electron chi connectivity index (χ2n) is 8.15. The molecule has 1 aromatic carbocycles. The standard InChI is InChI=1S/C23H37N3O3/c1-2-3-4-5-10-15-20(18-25-16-11-7-12-17-25)26(29)23(28)21(22(24)27)19-13-8-6-9-14-19/h6,8-9,13-14,20-21,29H,2-5,7,10-12,15-18H2,1H3,(H2,24,27). The summed E-state index contributed by atoms with van der Waals surface area (Å²) in [6.07, 6.45) is 9.85. The molecule has 2 atom stereocenters. The van der Waals surface area contributed by atoms with Crippen LogP contribution in [0.1, 0.15) is 76.2 Å². The van der Waals surface area contributed by atoms with Crippen LogP contribution in [0.25, 0.3) is 0 Å². The van der Waals surface area contributed by atoms with Gasteiger partial charge in [-0.15, -0.1) is 0 Å². The zero-order chi connectivity index (χ0) is 21.1. The zero-order valence-corrected chi connectivity index (χ0v) is 17.8. The van der Waals surface area contributed by atoms with Gasteiger partial charge in [0.1, 0.15) is 5.92 Å². The number of rotatable bonds is 12. The van der Waals surface area contributed by atoms with Gasteiger partial charge in [0.15, 0.2) is 0 Å². The second kappa shape index (κ2) is 12.6. The molecule has 2 amide bonds. The lowest BCUT2D eigenvalue weighted by Gasteiger charge is -2.34. The predicted molar refractivity (Wildman–Crippen MR) is 114 cm³/mol. The zero-order valence-electron chi connectivity index (χ0n) is 17.8. The van der Waals surface area contributed by atoms with E-state index >= 15 is 0 Å². The van der Waals surface area contributed by atoms with Crippen molar-refractivity contribution in [2.24, 2.45) is 5.73 Å². The Balaban J connectivity index is 2.08. The fourth-order valence-corrected chi connectivity index (χ4v) is 4.10. The van der Waals surface area contributed by atoms with Gasteiger partial charge >= 0.3 is 0 Å². The van der Waals surface area contributed by atoms with E-state index in [1.165, 1.54) is 25.7 Å². The molecule has 1 heterocycles. The van der Waals surface area contributed by atoms with Crippen LogP contribution >= 0.6 is 0 Å². The van der Waals surface area contributed by atoms with E-state index < -0.39 is 17.7 Å². The van der Waals surface area contributed by atoms with E-state index in [9.17, 15) is 14.8 Å². The molecular formula is C23H37N3O3. The summed E-state index contributed by atoms with van der Waals surface area (Å²) in [5.41, 5.74) is 6.06. The van der Waals surface area contributed by atoms with Crippen molar-refractivity contribution in [2.45, 2.75) is 76.7 Å². The van der Waals surface area contributed by atoms with E-state index in [1.54, 1.807) is 24.3 Å². The van der Waals surface area contributed by atoms with Gasteiger partial charge in [-0.3, -0.25) is 14.8 Å². The quantitative estimate of drug-likeness (QED) is 0.241. The highest BCUT2D eigenvalue weighted by molar-refractivity contribution is 6.04. The van der Waals surface area contributed by atoms with Gasteiger partial charge in [-0.2, -0.15) is 0 Å². The number of hydrogen-bond donors (Lipinski definition) is 2. The van der Waals surface area contributed by atoms with Crippen LogP contribution in [0, 0.1) is 0 Å². The number of amides is 2. The molecule has 0 bridgehead atoms. The summed E-state index contributed by atoms with van der Waals surface area (Å²) in [6, 6.07) is 8.42. The van der Waals surface area contributed by atoms with Crippen LogP contribution < -0.4 is 5.73 Å². The van der Waals surface area contributed by atoms with Gasteiger partial charge in [0.05, 0.1) is 6.04 Å². The number of hydroxylamine groups is 2. The fourth-order valence-electron chi connectivity index (χ4n) is 4.10. The van der Waals surface area contributed by atoms with Crippen molar-refractivity contribution < 1.29 is 14.8 Å². The normalized spacial score (nSPS) is 16.9. The van der Waals surface area contributed by atoms with Crippen molar-refractivity contribution in [3.05, 3.63) is 35.9 Å². The molecule has 1 aromatic rings. The molecule has 0 aliphatic carbocycles. The third-order valence-corrected chi connectivity index (χ3v) is 5.79. The molecule has 3 N–H and O–H groups in total. The summed E-state index contributed by atoms with van der Waals surface area (Å²) in [4.78, 5) is 27.4. The summed E-state index contributed by atoms with van der Waals surface area (Å²) < 4.78 is 0. The Morgan fingerprint density at radius 1 is 1.07 bits per heavy atom. The molecule has 2 unspecified atom stereocenters. The van der Waals surface area contributed by atoms with E-state index in [-0.39, 0.29) is 6.04 Å². The Labute approximate surface area is 175 Å². The van der Waals surface area contributed by atoms with Gasteiger partial charge in [-0.05, 0) is 37.9 Å². The first-order chi connectivity index (χ1) is 14.0. The van der Waals surface area contributed by atoms with Crippen LogP contribution in [0.3, 0.4) is 0 Å². The fraction of sp³-hybridized carbons (Fsp3) is 0.652. The molecule has 1 fully saturated rings. The average molecular weight is 404 g/mol. The molecule has 1 saturated heterocycles. The molecule has 6 nitrogen and oxygen atoms in total. The minimum Gasteiger partial charge on any atom is -0.369 e. The number of carbonyl (C=O) groups excluding carboxylic acids is 2. The SMILES string of the molecule is CCCCCCCC(CN1CCCCC1)N(O)C(=O)C(C(N)=O)c1ccccc1. The minimum absolute atomic E-state index is 0.326. The van der Waals surface area contributed by atoms with Crippen molar-refractivity contribution in [3.8, 4) is 0 Å². The van der Waals surface area contributed by atoms with Crippen molar-refractivity contribution in [3.63, 3.8) is 0 Å². The van der Waals surface area contributed by atoms with Gasteiger partial charge in [0.2, 0.25) is 5.91 Å². The number of likely N-dealkylation sites (tertiary alicyclic amines) is 1. The van der Waals surface area contributed by atoms with Crippen molar-refractivity contribution in [1.82, 2.24) is 9.96 Å². The second-order valence-corrected chi connectivity index (χ2v) is 8.15. The number of nitrogens with zero attached hydrogens (tertiary/aromatic N) is 2. The first-order valence-electron chi connectivity index (χ1n) is 11.1. The van der Waals surface area contributed by atoms with Gasteiger partial charge in [0.25, 0.3) is 5.91 Å². The molecule has 1 aliphatic heterocycles. The van der Waals surface area contributed by atoms with Gasteiger partial charge in [-0.25, -0.2) is 5.06 Å². The molecule has 0 radical (unpaired) electrons. The molecule has 0 aromatic heterocycles. The lowest BCUT2D eigenvalue weighted by atomic mass is 9.96. The van der Waals surface area contributed by atoms with Crippen LogP contribution in [-0.2, 0) is 9.59 Å². The van der Waals surface area contributed by atoms with Gasteiger partial charge in [-0.1, -0.05) is 75.8 Å². The third kappa shape index (κ3) is 7.44. The molecule has 0 spiro atoms. The number of hydrogen-bond acceptors (Lipinski definition) is 4. The van der Waals surface area contributed by atoms with E-state index in [1.807, 2.05) is 6.07 Å². The topological polar surface area (TPSA) is 86.9 Å². The number of nitrogens with two attached hydrogens (primary N) is 1. The maximum atomic E-state index is 13.1. The largest absolute Gasteiger partial charge is 0.369 e. The van der Waals surface area contributed by atoms with Crippen LogP contribution in [0.15, 0.2) is 30.3 Å². The highest BCUT2D eigenvalue weighted by atomic mass is 16.5. The third-order valence-electron chi connectivity index (χ3n) is 5.79. The highest BCUT2D eigenvalue weighted by Gasteiger charge is 2.34. The molecule has 1 aliphatic rings. The molecule has 0 saturated carbocycles. The molecule has 162 valence electrons. The summed E-state index contributed by atoms with van der Waals surface area (Å²) in [5.74, 6) is -2.52. The molecular weight excluding hydrogens is 366 g/mol. The van der Waals surface area contributed by atoms with Crippen LogP contribution in [0.2, 0.25) is 0 Å². The minimum atomic E-state index is -1.16. The van der Waals surface area contributed by atoms with Crippen molar-refractivity contribution >= 4 is 11.8 Å². The Morgan fingerprint density at radius 2 is 1.72 bits per heavy atom. The van der Waals surface area contributed by atoms with Crippen LogP contribution in [-0.4, -0.2) is 52.7 Å². The van der Waals surface area contributed by atoms with Gasteiger partial charge in [0, 0.05) is 6.54 Å². The number of unbranched alkanes of at least 4 members (excludes halogenated alkanes) is 4. The monoisotopic (exact) mass is 403 g/mol. The van der Waals surface area contributed by atoms with Crippen LogP contribution in [0.4, 0.5) is 0 Å². The van der Waals surface area contributed by atoms with E-state index in [4.69, 9.17) is 5.73 Å². The van der Waals surface area contributed by atoms with Crippen LogP contribution in [0.5, 0.6) is 0 Å². The van der Waals surface area contributed by atoms with E-state index in [2.05, 4.69) is 11.8 Å². The summed E-state index contributed by atoms with van der Waals surface area (Å²) >= 11 is 0. The maximum Gasteiger partial charge on any atom is 0.263 e. The number of benzene rings is 1. The highest BCUT2D eigenvalue weighted by Crippen LogP contribution is 2.22. The number of piperidine rings is 1. The first-order valence-corrected chi connectivity index (χ1v) is 11.1. The Bertz CT molecular complexity index is 617. The van der Waals surface area contributed by atoms with Crippen molar-refractivity contribution in [2.75, 3.05) is 19.6 Å². The molecule has 2 rings (SSSR count). The smallest absolute Gasteiger partial charge is 0.263 e.